The van der Waals surface area contributed by atoms with E-state index in [1.54, 1.807) is 0 Å². The summed E-state index contributed by atoms with van der Waals surface area (Å²) in [6, 6.07) is 0. The van der Waals surface area contributed by atoms with E-state index in [1.807, 2.05) is 0 Å². The molecule has 1 amide bonds. The summed E-state index contributed by atoms with van der Waals surface area (Å²) in [6.07, 6.45) is 17.5. The number of hydrogen-bond acceptors (Lipinski definition) is 1. The van der Waals surface area contributed by atoms with E-state index in [0.29, 0.717) is 21.1 Å². The van der Waals surface area contributed by atoms with Crippen molar-refractivity contribution in [1.29, 1.82) is 0 Å². The zero-order valence-electron chi connectivity index (χ0n) is 16.1. The molecule has 26 heavy (non-hydrogen) atoms. The van der Waals surface area contributed by atoms with Crippen molar-refractivity contribution < 1.29 is 4.79 Å². The summed E-state index contributed by atoms with van der Waals surface area (Å²) < 4.78 is 0.372. The number of alkyl halides is 1. The van der Waals surface area contributed by atoms with Crippen LogP contribution in [0.25, 0.3) is 0 Å². The molecule has 8 fully saturated rings. The maximum atomic E-state index is 13.0. The third-order valence-electron chi connectivity index (χ3n) is 9.47. The van der Waals surface area contributed by atoms with Crippen LogP contribution in [0, 0.1) is 40.4 Å². The summed E-state index contributed by atoms with van der Waals surface area (Å²) in [5.74, 6) is 5.08. The molecule has 0 spiro atoms. The van der Waals surface area contributed by atoms with Crippen LogP contribution in [0.5, 0.6) is 0 Å². The van der Waals surface area contributed by atoms with Gasteiger partial charge >= 0.3 is 0 Å². The first-order valence-corrected chi connectivity index (χ1v) is 12.2. The number of nitrogens with one attached hydrogen (secondary N) is 1. The molecule has 8 aliphatic carbocycles. The fraction of sp³-hybridized carbons (Fsp3) is 0.957. The lowest BCUT2D eigenvalue weighted by Gasteiger charge is -2.60. The average Bonchev–Trinajstić information content (AvgIpc) is 2.49. The van der Waals surface area contributed by atoms with Gasteiger partial charge in [-0.1, -0.05) is 15.9 Å². The first-order chi connectivity index (χ1) is 12.4. The lowest BCUT2D eigenvalue weighted by atomic mass is 9.48. The Hall–Kier alpha value is -0.0500. The van der Waals surface area contributed by atoms with Gasteiger partial charge < -0.3 is 5.32 Å². The largest absolute Gasteiger partial charge is 0.356 e. The summed E-state index contributed by atoms with van der Waals surface area (Å²) in [6.45, 7) is 0.984. The molecule has 8 aliphatic rings. The van der Waals surface area contributed by atoms with Crippen LogP contribution >= 0.6 is 15.9 Å². The molecule has 2 unspecified atom stereocenters. The molecular formula is C23H34BrNO. The molecule has 0 aromatic rings. The van der Waals surface area contributed by atoms with Gasteiger partial charge in [0.05, 0.1) is 0 Å². The second-order valence-electron chi connectivity index (χ2n) is 12.0. The highest BCUT2D eigenvalue weighted by molar-refractivity contribution is 9.10. The molecule has 3 heteroatoms. The predicted octanol–water partition coefficient (Wildman–Crippen LogP) is 5.44. The molecule has 8 rings (SSSR count). The number of rotatable bonds is 4. The Balaban J connectivity index is 1.11. The number of carbonyl (C=O) groups is 1. The van der Waals surface area contributed by atoms with Gasteiger partial charge in [-0.3, -0.25) is 4.79 Å². The topological polar surface area (TPSA) is 29.1 Å². The Labute approximate surface area is 166 Å². The minimum absolute atomic E-state index is 0.319. The second-order valence-corrected chi connectivity index (χ2v) is 13.7. The lowest BCUT2D eigenvalue weighted by Crippen LogP contribution is -2.55. The predicted molar refractivity (Wildman–Crippen MR) is 107 cm³/mol. The molecule has 8 saturated carbocycles. The van der Waals surface area contributed by atoms with Crippen LogP contribution in [0.1, 0.15) is 83.5 Å². The third kappa shape index (κ3) is 2.73. The molecular weight excluding hydrogens is 386 g/mol. The van der Waals surface area contributed by atoms with Gasteiger partial charge in [-0.2, -0.15) is 0 Å². The van der Waals surface area contributed by atoms with Crippen molar-refractivity contribution in [2.24, 2.45) is 40.4 Å². The zero-order valence-corrected chi connectivity index (χ0v) is 17.7. The number of halogens is 1. The van der Waals surface area contributed by atoms with Gasteiger partial charge in [0.15, 0.2) is 0 Å². The molecule has 0 aromatic carbocycles. The first kappa shape index (κ1) is 16.9. The van der Waals surface area contributed by atoms with E-state index in [4.69, 9.17) is 0 Å². The number of amides is 1. The molecule has 0 radical (unpaired) electrons. The fourth-order valence-electron chi connectivity index (χ4n) is 9.74. The summed E-state index contributed by atoms with van der Waals surface area (Å²) in [4.78, 5) is 13.0. The monoisotopic (exact) mass is 419 g/mol. The Bertz CT molecular complexity index is 578. The van der Waals surface area contributed by atoms with Crippen molar-refractivity contribution in [3.8, 4) is 0 Å². The molecule has 0 heterocycles. The standard InChI is InChI=1S/C23H34BrNO/c24-23-10-18-4-19(11-23)9-21(8-18,13-23)12-20(26)25-14-22-5-15-1-16(6-22)3-17(2-15)7-22/h15-19H,1-14H2,(H,25,26)/t15?,16?,17?,18-,19+,21?,22?,23?. The van der Waals surface area contributed by atoms with Crippen molar-refractivity contribution in [3.05, 3.63) is 0 Å². The smallest absolute Gasteiger partial charge is 0.220 e. The number of hydrogen-bond donors (Lipinski definition) is 1. The van der Waals surface area contributed by atoms with E-state index in [-0.39, 0.29) is 0 Å². The van der Waals surface area contributed by atoms with Gasteiger partial charge in [0, 0.05) is 17.3 Å². The van der Waals surface area contributed by atoms with E-state index in [9.17, 15) is 4.79 Å². The average molecular weight is 420 g/mol. The zero-order chi connectivity index (χ0) is 17.6. The molecule has 8 bridgehead atoms. The van der Waals surface area contributed by atoms with Crippen molar-refractivity contribution in [2.75, 3.05) is 6.54 Å². The maximum absolute atomic E-state index is 13.0. The third-order valence-corrected chi connectivity index (χ3v) is 10.4. The minimum atomic E-state index is 0.319. The summed E-state index contributed by atoms with van der Waals surface area (Å²) in [7, 11) is 0. The fourth-order valence-corrected chi connectivity index (χ4v) is 11.2. The van der Waals surface area contributed by atoms with Crippen molar-refractivity contribution in [2.45, 2.75) is 87.8 Å². The van der Waals surface area contributed by atoms with Crippen LogP contribution in [0.2, 0.25) is 0 Å². The maximum Gasteiger partial charge on any atom is 0.220 e. The van der Waals surface area contributed by atoms with Gasteiger partial charge in [0.1, 0.15) is 0 Å². The minimum Gasteiger partial charge on any atom is -0.356 e. The van der Waals surface area contributed by atoms with E-state index in [2.05, 4.69) is 21.2 Å². The molecule has 1 N–H and O–H groups in total. The summed E-state index contributed by atoms with van der Waals surface area (Å²) in [5, 5.41) is 3.47. The lowest BCUT2D eigenvalue weighted by molar-refractivity contribution is -0.130. The van der Waals surface area contributed by atoms with Gasteiger partial charge in [-0.15, -0.1) is 0 Å². The van der Waals surface area contributed by atoms with Crippen molar-refractivity contribution >= 4 is 21.8 Å². The summed E-state index contributed by atoms with van der Waals surface area (Å²) >= 11 is 4.10. The Morgan fingerprint density at radius 3 is 1.81 bits per heavy atom. The van der Waals surface area contributed by atoms with Gasteiger partial charge in [-0.05, 0) is 117 Å². The van der Waals surface area contributed by atoms with Crippen LogP contribution in [0.3, 0.4) is 0 Å². The van der Waals surface area contributed by atoms with Crippen molar-refractivity contribution in [1.82, 2.24) is 5.32 Å². The molecule has 0 saturated heterocycles. The molecule has 0 aliphatic heterocycles. The van der Waals surface area contributed by atoms with Gasteiger partial charge in [0.25, 0.3) is 0 Å². The van der Waals surface area contributed by atoms with E-state index in [0.717, 1.165) is 42.6 Å². The highest BCUT2D eigenvalue weighted by Crippen LogP contribution is 2.65. The van der Waals surface area contributed by atoms with Crippen LogP contribution in [0.4, 0.5) is 0 Å². The van der Waals surface area contributed by atoms with E-state index < -0.39 is 0 Å². The molecule has 2 nitrogen and oxygen atoms in total. The molecule has 4 atom stereocenters. The molecule has 144 valence electrons. The second kappa shape index (κ2) is 5.51. The van der Waals surface area contributed by atoms with Crippen LogP contribution in [-0.2, 0) is 4.79 Å². The number of carbonyl (C=O) groups excluding carboxylic acids is 1. The quantitative estimate of drug-likeness (QED) is 0.603. The summed E-state index contributed by atoms with van der Waals surface area (Å²) in [5.41, 5.74) is 0.793. The SMILES string of the molecule is O=C(CC12C[C@@H]3C[C@@H](CC(Br)(C3)C1)C2)NCC12CC3CC(CC(C3)C1)C2. The van der Waals surface area contributed by atoms with E-state index >= 15 is 0 Å². The van der Waals surface area contributed by atoms with Crippen LogP contribution in [0.15, 0.2) is 0 Å². The van der Waals surface area contributed by atoms with E-state index in [1.165, 1.54) is 77.0 Å². The Morgan fingerprint density at radius 1 is 0.769 bits per heavy atom. The normalized spacial score (nSPS) is 56.1. The van der Waals surface area contributed by atoms with Gasteiger partial charge in [0.2, 0.25) is 5.91 Å². The first-order valence-electron chi connectivity index (χ1n) is 11.4. The Morgan fingerprint density at radius 2 is 1.27 bits per heavy atom. The Kier molecular flexibility index (Phi) is 3.58. The highest BCUT2D eigenvalue weighted by atomic mass is 79.9. The van der Waals surface area contributed by atoms with Crippen LogP contribution in [-0.4, -0.2) is 16.8 Å². The van der Waals surface area contributed by atoms with Crippen molar-refractivity contribution in [3.63, 3.8) is 0 Å². The highest BCUT2D eigenvalue weighted by Gasteiger charge is 2.57. The van der Waals surface area contributed by atoms with Crippen LogP contribution < -0.4 is 5.32 Å². The molecule has 0 aromatic heterocycles. The van der Waals surface area contributed by atoms with Gasteiger partial charge in [-0.25, -0.2) is 0 Å².